The molecule has 0 aromatic carbocycles. The fourth-order valence-electron chi connectivity index (χ4n) is 2.76. The molecule has 0 radical (unpaired) electrons. The van der Waals surface area contributed by atoms with E-state index >= 15 is 0 Å². The fraction of sp³-hybridized carbons (Fsp3) is 0.400. The summed E-state index contributed by atoms with van der Waals surface area (Å²) in [4.78, 5) is 25.7. The fourth-order valence-corrected chi connectivity index (χ4v) is 2.76. The van der Waals surface area contributed by atoms with Crippen LogP contribution in [0.25, 0.3) is 0 Å². The monoisotopic (exact) mass is 383 g/mol. The Morgan fingerprint density at radius 2 is 1.78 bits per heavy atom. The van der Waals surface area contributed by atoms with E-state index in [2.05, 4.69) is 15.0 Å². The predicted octanol–water partition coefficient (Wildman–Crippen LogP) is 2.10. The number of anilines is 3. The zero-order valence-corrected chi connectivity index (χ0v) is 14.1. The van der Waals surface area contributed by atoms with Crippen LogP contribution in [0.1, 0.15) is 12.0 Å². The standard InChI is InChI=1S/C15H16F3N7O2/c16-15(17,18)10-2-3-12(20-8-10)23-4-1-5-24(7-6-23)14-21-9-11(25(26)27)13(19)22-14/h2-3,8-9H,1,4-7H2,(H2,19,21,22). The molecule has 1 aliphatic rings. The first-order valence-corrected chi connectivity index (χ1v) is 8.06. The molecule has 0 bridgehead atoms. The first kappa shape index (κ1) is 18.6. The molecular formula is C15H16F3N7O2. The smallest absolute Gasteiger partial charge is 0.378 e. The molecule has 0 spiro atoms. The maximum absolute atomic E-state index is 12.7. The van der Waals surface area contributed by atoms with Gasteiger partial charge in [-0.2, -0.15) is 18.2 Å². The van der Waals surface area contributed by atoms with Gasteiger partial charge in [0.15, 0.2) is 0 Å². The van der Waals surface area contributed by atoms with Gasteiger partial charge in [-0.05, 0) is 18.6 Å². The lowest BCUT2D eigenvalue weighted by atomic mass is 10.2. The van der Waals surface area contributed by atoms with Crippen molar-refractivity contribution in [2.45, 2.75) is 12.6 Å². The Kier molecular flexibility index (Phi) is 4.97. The van der Waals surface area contributed by atoms with E-state index in [1.165, 1.54) is 6.07 Å². The van der Waals surface area contributed by atoms with Crippen LogP contribution in [0, 0.1) is 10.1 Å². The van der Waals surface area contributed by atoms with E-state index in [4.69, 9.17) is 5.73 Å². The molecule has 9 nitrogen and oxygen atoms in total. The second-order valence-corrected chi connectivity index (χ2v) is 5.93. The second kappa shape index (κ2) is 7.21. The van der Waals surface area contributed by atoms with Crippen molar-refractivity contribution >= 4 is 23.3 Å². The van der Waals surface area contributed by atoms with Gasteiger partial charge >= 0.3 is 11.9 Å². The Balaban J connectivity index is 1.70. The summed E-state index contributed by atoms with van der Waals surface area (Å²) < 4.78 is 38.0. The highest BCUT2D eigenvalue weighted by molar-refractivity contribution is 5.54. The number of nitrogens with zero attached hydrogens (tertiary/aromatic N) is 6. The molecule has 0 unspecified atom stereocenters. The van der Waals surface area contributed by atoms with Crippen LogP contribution in [0.5, 0.6) is 0 Å². The van der Waals surface area contributed by atoms with Crippen molar-refractivity contribution in [3.63, 3.8) is 0 Å². The minimum Gasteiger partial charge on any atom is -0.378 e. The molecule has 0 atom stereocenters. The van der Waals surface area contributed by atoms with Gasteiger partial charge in [-0.1, -0.05) is 0 Å². The molecule has 2 aromatic rings. The molecule has 3 heterocycles. The van der Waals surface area contributed by atoms with Crippen molar-refractivity contribution in [2.24, 2.45) is 0 Å². The van der Waals surface area contributed by atoms with Gasteiger partial charge in [-0.15, -0.1) is 0 Å². The zero-order chi connectivity index (χ0) is 19.6. The summed E-state index contributed by atoms with van der Waals surface area (Å²) in [5.74, 6) is 0.518. The summed E-state index contributed by atoms with van der Waals surface area (Å²) in [6, 6.07) is 2.35. The lowest BCUT2D eigenvalue weighted by Gasteiger charge is -2.23. The Morgan fingerprint density at radius 3 is 2.37 bits per heavy atom. The number of hydrogen-bond acceptors (Lipinski definition) is 8. The molecule has 1 saturated heterocycles. The Hall–Kier alpha value is -3.18. The van der Waals surface area contributed by atoms with Crippen LogP contribution in [0.3, 0.4) is 0 Å². The molecule has 0 aliphatic carbocycles. The van der Waals surface area contributed by atoms with Crippen molar-refractivity contribution in [3.05, 3.63) is 40.2 Å². The van der Waals surface area contributed by atoms with E-state index in [1.54, 1.807) is 0 Å². The van der Waals surface area contributed by atoms with E-state index in [0.717, 1.165) is 18.5 Å². The average Bonchev–Trinajstić information content (AvgIpc) is 2.87. The number of aromatic nitrogens is 3. The average molecular weight is 383 g/mol. The number of hydrogen-bond donors (Lipinski definition) is 1. The molecule has 0 saturated carbocycles. The highest BCUT2D eigenvalue weighted by Crippen LogP contribution is 2.29. The van der Waals surface area contributed by atoms with Crippen LogP contribution >= 0.6 is 0 Å². The highest BCUT2D eigenvalue weighted by Gasteiger charge is 2.31. The number of rotatable bonds is 3. The number of nitrogen functional groups attached to an aromatic ring is 1. The molecule has 12 heteroatoms. The first-order chi connectivity index (χ1) is 12.8. The molecule has 1 aliphatic heterocycles. The Labute approximate surface area is 151 Å². The maximum atomic E-state index is 12.7. The number of pyridine rings is 1. The Bertz CT molecular complexity index is 829. The van der Waals surface area contributed by atoms with Crippen molar-refractivity contribution < 1.29 is 18.1 Å². The van der Waals surface area contributed by atoms with E-state index in [0.29, 0.717) is 38.4 Å². The van der Waals surface area contributed by atoms with Gasteiger partial charge in [-0.25, -0.2) is 9.97 Å². The lowest BCUT2D eigenvalue weighted by molar-refractivity contribution is -0.384. The third-order valence-corrected chi connectivity index (χ3v) is 4.16. The van der Waals surface area contributed by atoms with Gasteiger partial charge in [0.05, 0.1) is 10.5 Å². The summed E-state index contributed by atoms with van der Waals surface area (Å²) in [6.45, 7) is 2.13. The Morgan fingerprint density at radius 1 is 1.07 bits per heavy atom. The topological polar surface area (TPSA) is 114 Å². The molecule has 1 fully saturated rings. The summed E-state index contributed by atoms with van der Waals surface area (Å²) in [5.41, 5.74) is 4.45. The van der Waals surface area contributed by atoms with E-state index in [-0.39, 0.29) is 17.5 Å². The van der Waals surface area contributed by atoms with Crippen molar-refractivity contribution in [1.82, 2.24) is 15.0 Å². The van der Waals surface area contributed by atoms with Crippen LogP contribution in [0.2, 0.25) is 0 Å². The normalized spacial score (nSPS) is 15.5. The first-order valence-electron chi connectivity index (χ1n) is 8.06. The largest absolute Gasteiger partial charge is 0.417 e. The van der Waals surface area contributed by atoms with Crippen LogP contribution in [-0.2, 0) is 6.18 Å². The number of nitro groups is 1. The molecule has 2 N–H and O–H groups in total. The predicted molar refractivity (Wildman–Crippen MR) is 91.4 cm³/mol. The number of nitrogens with two attached hydrogens (primary N) is 1. The highest BCUT2D eigenvalue weighted by atomic mass is 19.4. The molecule has 0 amide bonds. The molecule has 3 rings (SSSR count). The minimum absolute atomic E-state index is 0.212. The van der Waals surface area contributed by atoms with Crippen molar-refractivity contribution in [1.29, 1.82) is 0 Å². The number of halogens is 3. The van der Waals surface area contributed by atoms with E-state index < -0.39 is 16.7 Å². The SMILES string of the molecule is Nc1nc(N2CCCN(c3ccc(C(F)(F)F)cn3)CC2)ncc1[N+](=O)[O-]. The molecule has 27 heavy (non-hydrogen) atoms. The number of alkyl halides is 3. The maximum Gasteiger partial charge on any atom is 0.417 e. The van der Waals surface area contributed by atoms with Gasteiger partial charge < -0.3 is 15.5 Å². The van der Waals surface area contributed by atoms with E-state index in [1.807, 2.05) is 9.80 Å². The third-order valence-electron chi connectivity index (χ3n) is 4.16. The van der Waals surface area contributed by atoms with Gasteiger partial charge in [0.25, 0.3) is 0 Å². The minimum atomic E-state index is -4.42. The van der Waals surface area contributed by atoms with Crippen LogP contribution < -0.4 is 15.5 Å². The summed E-state index contributed by atoms with van der Waals surface area (Å²) in [5, 5.41) is 10.8. The third kappa shape index (κ3) is 4.15. The van der Waals surface area contributed by atoms with Gasteiger partial charge in [0.2, 0.25) is 11.8 Å². The van der Waals surface area contributed by atoms with Gasteiger partial charge in [-0.3, -0.25) is 10.1 Å². The zero-order valence-electron chi connectivity index (χ0n) is 14.1. The summed E-state index contributed by atoms with van der Waals surface area (Å²) in [6.07, 6.45) is -1.85. The van der Waals surface area contributed by atoms with Crippen molar-refractivity contribution in [2.75, 3.05) is 41.7 Å². The van der Waals surface area contributed by atoms with Crippen LogP contribution in [-0.4, -0.2) is 46.1 Å². The van der Waals surface area contributed by atoms with Gasteiger partial charge in [0, 0.05) is 32.4 Å². The van der Waals surface area contributed by atoms with Gasteiger partial charge in [0.1, 0.15) is 12.0 Å². The quantitative estimate of drug-likeness (QED) is 0.633. The summed E-state index contributed by atoms with van der Waals surface area (Å²) in [7, 11) is 0. The molecule has 144 valence electrons. The van der Waals surface area contributed by atoms with Crippen LogP contribution in [0.15, 0.2) is 24.5 Å². The second-order valence-electron chi connectivity index (χ2n) is 5.93. The lowest BCUT2D eigenvalue weighted by Crippen LogP contribution is -2.32. The summed E-state index contributed by atoms with van der Waals surface area (Å²) >= 11 is 0. The van der Waals surface area contributed by atoms with Crippen LogP contribution in [0.4, 0.5) is 36.4 Å². The van der Waals surface area contributed by atoms with Crippen molar-refractivity contribution in [3.8, 4) is 0 Å². The molecule has 2 aromatic heterocycles. The van der Waals surface area contributed by atoms with E-state index in [9.17, 15) is 23.3 Å². The molecular weight excluding hydrogens is 367 g/mol.